The summed E-state index contributed by atoms with van der Waals surface area (Å²) < 4.78 is 23.9. The van der Waals surface area contributed by atoms with E-state index in [9.17, 15) is 4.39 Å². The lowest BCUT2D eigenvalue weighted by Crippen LogP contribution is -2.13. The van der Waals surface area contributed by atoms with Crippen LogP contribution in [0.4, 0.5) is 4.39 Å². The molecule has 17 heavy (non-hydrogen) atoms. The number of halogens is 1. The smallest absolute Gasteiger partial charge is 0.132 e. The van der Waals surface area contributed by atoms with Crippen LogP contribution in [0.3, 0.4) is 0 Å². The third-order valence-electron chi connectivity index (χ3n) is 2.78. The van der Waals surface area contributed by atoms with Gasteiger partial charge in [-0.15, -0.1) is 0 Å². The highest BCUT2D eigenvalue weighted by molar-refractivity contribution is 5.37. The Morgan fingerprint density at radius 1 is 1.29 bits per heavy atom. The molecule has 1 aromatic carbocycles. The molecular formula is C13H14FNO2. The number of methoxy groups -OCH3 is 1. The largest absolute Gasteiger partial charge is 0.497 e. The monoisotopic (exact) mass is 235 g/mol. The fraction of sp³-hybridized carbons (Fsp3) is 0.231. The second-order valence-corrected chi connectivity index (χ2v) is 3.80. The Balaban J connectivity index is 2.38. The van der Waals surface area contributed by atoms with E-state index in [-0.39, 0.29) is 5.82 Å². The highest BCUT2D eigenvalue weighted by atomic mass is 19.1. The summed E-state index contributed by atoms with van der Waals surface area (Å²) in [5, 5.41) is 0. The standard InChI is InChI=1S/C13H14FNO2/c1-8-10(5-6-17-8)13(15)11-4-3-9(16-2)7-12(11)14/h3-7,13H,15H2,1-2H3. The quantitative estimate of drug-likeness (QED) is 0.889. The van der Waals surface area contributed by atoms with Gasteiger partial charge in [-0.1, -0.05) is 6.07 Å². The van der Waals surface area contributed by atoms with E-state index in [0.29, 0.717) is 17.1 Å². The number of aryl methyl sites for hydroxylation is 1. The zero-order chi connectivity index (χ0) is 12.4. The van der Waals surface area contributed by atoms with Crippen LogP contribution < -0.4 is 10.5 Å². The van der Waals surface area contributed by atoms with Gasteiger partial charge >= 0.3 is 0 Å². The predicted molar refractivity (Wildman–Crippen MR) is 62.4 cm³/mol. The molecule has 0 fully saturated rings. The summed E-state index contributed by atoms with van der Waals surface area (Å²) in [6.07, 6.45) is 1.55. The van der Waals surface area contributed by atoms with E-state index in [1.807, 2.05) is 0 Å². The van der Waals surface area contributed by atoms with Crippen molar-refractivity contribution in [1.29, 1.82) is 0 Å². The van der Waals surface area contributed by atoms with Crippen LogP contribution in [0.25, 0.3) is 0 Å². The van der Waals surface area contributed by atoms with Gasteiger partial charge in [-0.3, -0.25) is 0 Å². The Bertz CT molecular complexity index is 522. The highest BCUT2D eigenvalue weighted by Crippen LogP contribution is 2.27. The molecule has 0 aliphatic heterocycles. The molecule has 0 saturated carbocycles. The van der Waals surface area contributed by atoms with Gasteiger partial charge in [0, 0.05) is 17.2 Å². The highest BCUT2D eigenvalue weighted by Gasteiger charge is 2.17. The van der Waals surface area contributed by atoms with Gasteiger partial charge in [0.1, 0.15) is 17.3 Å². The Hall–Kier alpha value is -1.81. The van der Waals surface area contributed by atoms with Crippen LogP contribution in [0.2, 0.25) is 0 Å². The number of rotatable bonds is 3. The number of hydrogen-bond acceptors (Lipinski definition) is 3. The van der Waals surface area contributed by atoms with Gasteiger partial charge in [-0.2, -0.15) is 0 Å². The van der Waals surface area contributed by atoms with E-state index >= 15 is 0 Å². The van der Waals surface area contributed by atoms with Crippen molar-refractivity contribution in [2.24, 2.45) is 5.73 Å². The van der Waals surface area contributed by atoms with Crippen LogP contribution >= 0.6 is 0 Å². The molecule has 0 amide bonds. The normalized spacial score (nSPS) is 12.5. The van der Waals surface area contributed by atoms with E-state index in [0.717, 1.165) is 5.56 Å². The molecule has 2 rings (SSSR count). The van der Waals surface area contributed by atoms with Crippen molar-refractivity contribution in [3.63, 3.8) is 0 Å². The third-order valence-corrected chi connectivity index (χ3v) is 2.78. The number of benzene rings is 1. The first kappa shape index (κ1) is 11.7. The fourth-order valence-electron chi connectivity index (χ4n) is 1.77. The molecule has 90 valence electrons. The first-order valence-corrected chi connectivity index (χ1v) is 5.26. The third kappa shape index (κ3) is 2.17. The molecule has 0 spiro atoms. The Labute approximate surface area is 99.0 Å². The fourth-order valence-corrected chi connectivity index (χ4v) is 1.77. The van der Waals surface area contributed by atoms with Gasteiger partial charge in [-0.25, -0.2) is 4.39 Å². The predicted octanol–water partition coefficient (Wildman–Crippen LogP) is 2.78. The summed E-state index contributed by atoms with van der Waals surface area (Å²) in [6.45, 7) is 1.80. The van der Waals surface area contributed by atoms with Crippen molar-refractivity contribution in [2.75, 3.05) is 7.11 Å². The maximum atomic E-state index is 13.8. The minimum atomic E-state index is -0.528. The Morgan fingerprint density at radius 2 is 2.06 bits per heavy atom. The van der Waals surface area contributed by atoms with Crippen molar-refractivity contribution in [3.8, 4) is 5.75 Å². The zero-order valence-corrected chi connectivity index (χ0v) is 9.74. The summed E-state index contributed by atoms with van der Waals surface area (Å²) in [5.74, 6) is 0.799. The average Bonchev–Trinajstić information content (AvgIpc) is 2.74. The summed E-state index contributed by atoms with van der Waals surface area (Å²) in [5.41, 5.74) is 7.23. The van der Waals surface area contributed by atoms with Crippen molar-refractivity contribution >= 4 is 0 Å². The van der Waals surface area contributed by atoms with Gasteiger partial charge in [0.2, 0.25) is 0 Å². The van der Waals surface area contributed by atoms with Crippen molar-refractivity contribution in [3.05, 3.63) is 53.2 Å². The molecule has 1 heterocycles. The molecule has 0 saturated heterocycles. The molecule has 0 aliphatic rings. The first-order valence-electron chi connectivity index (χ1n) is 5.26. The molecule has 0 aliphatic carbocycles. The van der Waals surface area contributed by atoms with E-state index in [2.05, 4.69) is 0 Å². The van der Waals surface area contributed by atoms with Crippen LogP contribution in [0, 0.1) is 12.7 Å². The van der Waals surface area contributed by atoms with Gasteiger partial charge < -0.3 is 14.9 Å². The van der Waals surface area contributed by atoms with Crippen LogP contribution in [-0.2, 0) is 0 Å². The minimum absolute atomic E-state index is 0.377. The molecule has 1 atom stereocenters. The molecule has 2 aromatic rings. The molecular weight excluding hydrogens is 221 g/mol. The van der Waals surface area contributed by atoms with Crippen molar-refractivity contribution < 1.29 is 13.5 Å². The van der Waals surface area contributed by atoms with Crippen LogP contribution in [0.15, 0.2) is 34.9 Å². The van der Waals surface area contributed by atoms with E-state index in [1.165, 1.54) is 13.2 Å². The van der Waals surface area contributed by atoms with Crippen LogP contribution in [0.1, 0.15) is 22.9 Å². The molecule has 4 heteroatoms. The van der Waals surface area contributed by atoms with Crippen LogP contribution in [-0.4, -0.2) is 7.11 Å². The average molecular weight is 235 g/mol. The molecule has 3 nitrogen and oxygen atoms in total. The van der Waals surface area contributed by atoms with E-state index in [1.54, 1.807) is 31.4 Å². The molecule has 0 bridgehead atoms. The lowest BCUT2D eigenvalue weighted by molar-refractivity contribution is 0.410. The lowest BCUT2D eigenvalue weighted by Gasteiger charge is -2.13. The molecule has 0 radical (unpaired) electrons. The number of nitrogens with two attached hydrogens (primary N) is 1. The van der Waals surface area contributed by atoms with Gasteiger partial charge in [-0.05, 0) is 19.1 Å². The Morgan fingerprint density at radius 3 is 2.59 bits per heavy atom. The van der Waals surface area contributed by atoms with Gasteiger partial charge in [0.15, 0.2) is 0 Å². The van der Waals surface area contributed by atoms with Crippen LogP contribution in [0.5, 0.6) is 5.75 Å². The number of furan rings is 1. The van der Waals surface area contributed by atoms with Crippen molar-refractivity contribution in [1.82, 2.24) is 0 Å². The van der Waals surface area contributed by atoms with Gasteiger partial charge in [0.25, 0.3) is 0 Å². The topological polar surface area (TPSA) is 48.4 Å². The van der Waals surface area contributed by atoms with E-state index < -0.39 is 6.04 Å². The summed E-state index contributed by atoms with van der Waals surface area (Å²) in [4.78, 5) is 0. The number of ether oxygens (including phenoxy) is 1. The second kappa shape index (κ2) is 4.59. The SMILES string of the molecule is COc1ccc(C(N)c2ccoc2C)c(F)c1. The second-order valence-electron chi connectivity index (χ2n) is 3.80. The minimum Gasteiger partial charge on any atom is -0.497 e. The first-order chi connectivity index (χ1) is 8.13. The maximum Gasteiger partial charge on any atom is 0.132 e. The Kier molecular flexibility index (Phi) is 3.15. The maximum absolute atomic E-state index is 13.8. The van der Waals surface area contributed by atoms with Gasteiger partial charge in [0.05, 0.1) is 19.4 Å². The summed E-state index contributed by atoms with van der Waals surface area (Å²) in [7, 11) is 1.49. The number of hydrogen-bond donors (Lipinski definition) is 1. The van der Waals surface area contributed by atoms with E-state index in [4.69, 9.17) is 14.9 Å². The van der Waals surface area contributed by atoms with Crippen molar-refractivity contribution in [2.45, 2.75) is 13.0 Å². The molecule has 1 aromatic heterocycles. The molecule has 2 N–H and O–H groups in total. The molecule has 1 unspecified atom stereocenters. The summed E-state index contributed by atoms with van der Waals surface area (Å²) in [6, 6.07) is 5.87. The summed E-state index contributed by atoms with van der Waals surface area (Å²) >= 11 is 0. The lowest BCUT2D eigenvalue weighted by atomic mass is 9.99. The zero-order valence-electron chi connectivity index (χ0n) is 9.74.